The highest BCUT2D eigenvalue weighted by molar-refractivity contribution is 7.12. The molecule has 2 N–H and O–H groups in total. The lowest BCUT2D eigenvalue weighted by Crippen LogP contribution is -2.35. The van der Waals surface area contributed by atoms with Gasteiger partial charge in [-0.2, -0.15) is 0 Å². The first-order chi connectivity index (χ1) is 17.1. The van der Waals surface area contributed by atoms with E-state index < -0.39 is 0 Å². The number of hydrogen-bond donors (Lipinski definition) is 2. The Balaban J connectivity index is 1.35. The topological polar surface area (TPSA) is 85.0 Å². The van der Waals surface area contributed by atoms with Crippen LogP contribution in [0.5, 0.6) is 0 Å². The standard InChI is InChI=1S/C26H33N5O3S/c32-24(19-5-6-19)28-21-18-20(25(33)30-11-2-9-27-10-14-30)7-8-22(21)29-12-3-13-31(16-15-29)26(34)23-4-1-17-35-23/h1,4,7-8,17-19,27H,2-3,5-6,9-16H2,(H,28,32). The maximum absolute atomic E-state index is 13.2. The third kappa shape index (κ3) is 5.67. The second-order valence-corrected chi connectivity index (χ2v) is 10.4. The molecule has 2 aliphatic heterocycles. The lowest BCUT2D eigenvalue weighted by atomic mass is 10.1. The number of carbonyl (C=O) groups is 3. The maximum atomic E-state index is 13.2. The SMILES string of the molecule is O=C(Nc1cc(C(=O)N2CCCNCC2)ccc1N1CCCN(C(=O)c2cccs2)CC1)C1CC1. The molecule has 1 saturated carbocycles. The molecule has 0 atom stereocenters. The van der Waals surface area contributed by atoms with Crippen molar-refractivity contribution < 1.29 is 14.4 Å². The zero-order chi connectivity index (χ0) is 24.2. The summed E-state index contributed by atoms with van der Waals surface area (Å²) in [5.41, 5.74) is 2.21. The van der Waals surface area contributed by atoms with E-state index in [0.29, 0.717) is 37.4 Å². The minimum atomic E-state index is 0.00533. The number of amides is 3. The molecule has 3 fully saturated rings. The zero-order valence-electron chi connectivity index (χ0n) is 20.0. The van der Waals surface area contributed by atoms with Gasteiger partial charge in [0.2, 0.25) is 5.91 Å². The first-order valence-corrected chi connectivity index (χ1v) is 13.5. The van der Waals surface area contributed by atoms with E-state index >= 15 is 0 Å². The molecule has 9 heteroatoms. The lowest BCUT2D eigenvalue weighted by molar-refractivity contribution is -0.117. The van der Waals surface area contributed by atoms with Gasteiger partial charge in [0.05, 0.1) is 16.3 Å². The van der Waals surface area contributed by atoms with Crippen molar-refractivity contribution >= 4 is 40.4 Å². The van der Waals surface area contributed by atoms with Crippen LogP contribution in [0.4, 0.5) is 11.4 Å². The van der Waals surface area contributed by atoms with Gasteiger partial charge >= 0.3 is 0 Å². The third-order valence-electron chi connectivity index (χ3n) is 6.93. The molecular weight excluding hydrogens is 462 g/mol. The largest absolute Gasteiger partial charge is 0.368 e. The first-order valence-electron chi connectivity index (χ1n) is 12.6. The smallest absolute Gasteiger partial charge is 0.263 e. The average molecular weight is 496 g/mol. The number of nitrogens with zero attached hydrogens (tertiary/aromatic N) is 3. The fraction of sp³-hybridized carbons (Fsp3) is 0.500. The van der Waals surface area contributed by atoms with Gasteiger partial charge in [0.25, 0.3) is 11.8 Å². The van der Waals surface area contributed by atoms with Gasteiger partial charge in [0.1, 0.15) is 0 Å². The Labute approximate surface area is 210 Å². The summed E-state index contributed by atoms with van der Waals surface area (Å²) in [5, 5.41) is 8.38. The van der Waals surface area contributed by atoms with Crippen LogP contribution in [0.2, 0.25) is 0 Å². The Morgan fingerprint density at radius 2 is 1.71 bits per heavy atom. The van der Waals surface area contributed by atoms with E-state index in [2.05, 4.69) is 15.5 Å². The van der Waals surface area contributed by atoms with Gasteiger partial charge in [-0.25, -0.2) is 0 Å². The summed E-state index contributed by atoms with van der Waals surface area (Å²) < 4.78 is 0. The van der Waals surface area contributed by atoms with Crippen molar-refractivity contribution in [3.63, 3.8) is 0 Å². The van der Waals surface area contributed by atoms with E-state index in [-0.39, 0.29) is 23.6 Å². The summed E-state index contributed by atoms with van der Waals surface area (Å²) in [6.45, 7) is 5.92. The first kappa shape index (κ1) is 23.8. The summed E-state index contributed by atoms with van der Waals surface area (Å²) in [7, 11) is 0. The molecule has 2 aromatic rings. The lowest BCUT2D eigenvalue weighted by Gasteiger charge is -2.27. The fourth-order valence-electron chi connectivity index (χ4n) is 4.77. The van der Waals surface area contributed by atoms with Crippen molar-refractivity contribution in [1.29, 1.82) is 0 Å². The van der Waals surface area contributed by atoms with Crippen molar-refractivity contribution in [3.8, 4) is 0 Å². The van der Waals surface area contributed by atoms with E-state index in [1.54, 1.807) is 0 Å². The second kappa shape index (κ2) is 10.8. The molecule has 3 aliphatic rings. The van der Waals surface area contributed by atoms with Crippen LogP contribution >= 0.6 is 11.3 Å². The number of rotatable bonds is 5. The van der Waals surface area contributed by atoms with Crippen molar-refractivity contribution in [2.45, 2.75) is 25.7 Å². The Kier molecular flexibility index (Phi) is 7.34. The molecule has 8 nitrogen and oxygen atoms in total. The highest BCUT2D eigenvalue weighted by Crippen LogP contribution is 2.34. The average Bonchev–Trinajstić information content (AvgIpc) is 3.68. The zero-order valence-corrected chi connectivity index (χ0v) is 20.8. The van der Waals surface area contributed by atoms with Crippen molar-refractivity contribution in [2.24, 2.45) is 5.92 Å². The molecule has 0 radical (unpaired) electrons. The van der Waals surface area contributed by atoms with E-state index in [1.807, 2.05) is 45.5 Å². The quantitative estimate of drug-likeness (QED) is 0.666. The van der Waals surface area contributed by atoms with E-state index in [0.717, 1.165) is 62.4 Å². The molecule has 0 spiro atoms. The Bertz CT molecular complexity index is 1060. The number of carbonyl (C=O) groups excluding carboxylic acids is 3. The van der Waals surface area contributed by atoms with Gasteiger partial charge in [0.15, 0.2) is 0 Å². The van der Waals surface area contributed by atoms with Crippen LogP contribution in [0.3, 0.4) is 0 Å². The van der Waals surface area contributed by atoms with Gasteiger partial charge < -0.3 is 25.3 Å². The second-order valence-electron chi connectivity index (χ2n) is 9.50. The van der Waals surface area contributed by atoms with Crippen molar-refractivity contribution in [1.82, 2.24) is 15.1 Å². The highest BCUT2D eigenvalue weighted by Gasteiger charge is 2.31. The number of benzene rings is 1. The highest BCUT2D eigenvalue weighted by atomic mass is 32.1. The number of anilines is 2. The van der Waals surface area contributed by atoms with E-state index in [1.165, 1.54) is 11.3 Å². The van der Waals surface area contributed by atoms with E-state index in [4.69, 9.17) is 0 Å². The van der Waals surface area contributed by atoms with Crippen molar-refractivity contribution in [2.75, 3.05) is 62.6 Å². The summed E-state index contributed by atoms with van der Waals surface area (Å²) in [4.78, 5) is 45.6. The molecule has 3 amide bonds. The summed E-state index contributed by atoms with van der Waals surface area (Å²) in [5.74, 6) is 0.184. The number of thiophene rings is 1. The third-order valence-corrected chi connectivity index (χ3v) is 7.79. The normalized spacial score (nSPS) is 19.1. The van der Waals surface area contributed by atoms with Crippen LogP contribution in [-0.2, 0) is 4.79 Å². The monoisotopic (exact) mass is 495 g/mol. The predicted molar refractivity (Wildman–Crippen MR) is 138 cm³/mol. The molecule has 1 aromatic carbocycles. The number of nitrogens with one attached hydrogen (secondary N) is 2. The predicted octanol–water partition coefficient (Wildman–Crippen LogP) is 2.88. The van der Waals surface area contributed by atoms with Crippen LogP contribution in [0.1, 0.15) is 45.7 Å². The molecule has 0 bridgehead atoms. The minimum absolute atomic E-state index is 0.00533. The van der Waals surface area contributed by atoms with Gasteiger partial charge in [-0.3, -0.25) is 14.4 Å². The molecule has 5 rings (SSSR count). The van der Waals surface area contributed by atoms with Crippen LogP contribution in [0.25, 0.3) is 0 Å². The van der Waals surface area contributed by atoms with Crippen LogP contribution in [-0.4, -0.2) is 79.9 Å². The van der Waals surface area contributed by atoms with Crippen LogP contribution in [0.15, 0.2) is 35.7 Å². The molecule has 186 valence electrons. The molecule has 35 heavy (non-hydrogen) atoms. The Morgan fingerprint density at radius 1 is 0.886 bits per heavy atom. The number of hydrogen-bond acceptors (Lipinski definition) is 6. The van der Waals surface area contributed by atoms with Gasteiger partial charge in [-0.1, -0.05) is 6.07 Å². The molecule has 1 aliphatic carbocycles. The minimum Gasteiger partial charge on any atom is -0.368 e. The summed E-state index contributed by atoms with van der Waals surface area (Å²) >= 11 is 1.47. The van der Waals surface area contributed by atoms with Crippen LogP contribution < -0.4 is 15.5 Å². The van der Waals surface area contributed by atoms with Crippen molar-refractivity contribution in [3.05, 3.63) is 46.2 Å². The summed E-state index contributed by atoms with van der Waals surface area (Å²) in [6.07, 6.45) is 3.62. The summed E-state index contributed by atoms with van der Waals surface area (Å²) in [6, 6.07) is 9.46. The fourth-order valence-corrected chi connectivity index (χ4v) is 5.46. The maximum Gasteiger partial charge on any atom is 0.263 e. The van der Waals surface area contributed by atoms with Gasteiger partial charge in [0, 0.05) is 57.3 Å². The van der Waals surface area contributed by atoms with Crippen LogP contribution in [0, 0.1) is 5.92 Å². The Hall–Kier alpha value is -2.91. The molecule has 3 heterocycles. The van der Waals surface area contributed by atoms with E-state index in [9.17, 15) is 14.4 Å². The Morgan fingerprint density at radius 3 is 2.51 bits per heavy atom. The molecule has 2 saturated heterocycles. The van der Waals surface area contributed by atoms with Gasteiger partial charge in [-0.15, -0.1) is 11.3 Å². The molecule has 0 unspecified atom stereocenters. The molecular formula is C26H33N5O3S. The van der Waals surface area contributed by atoms with Gasteiger partial charge in [-0.05, 0) is 61.9 Å². The molecule has 1 aromatic heterocycles.